The Hall–Kier alpha value is -0.490. The minimum Gasteiger partial charge on any atom is -0.508 e. The standard InChI is InChI=1S/C6H5Cl2NO3S/c7-4-1-3(10)2-5(8)6(4)13(9,11)12/h1-2,10H,(H2,9,11,12). The highest BCUT2D eigenvalue weighted by Gasteiger charge is 2.18. The third-order valence-electron chi connectivity index (χ3n) is 1.27. The third kappa shape index (κ3) is 2.25. The van der Waals surface area contributed by atoms with Gasteiger partial charge in [-0.15, -0.1) is 0 Å². The van der Waals surface area contributed by atoms with Gasteiger partial charge in [0.1, 0.15) is 10.6 Å². The normalized spacial score (nSPS) is 11.6. The second-order valence-electron chi connectivity index (χ2n) is 2.28. The SMILES string of the molecule is NS(=O)(=O)c1c(Cl)cc(O)cc1Cl. The van der Waals surface area contributed by atoms with E-state index in [0.717, 1.165) is 12.1 Å². The van der Waals surface area contributed by atoms with E-state index < -0.39 is 10.0 Å². The molecule has 0 aliphatic carbocycles. The number of nitrogens with two attached hydrogens (primary N) is 1. The lowest BCUT2D eigenvalue weighted by atomic mass is 10.3. The Bertz CT molecular complexity index is 420. The van der Waals surface area contributed by atoms with Gasteiger partial charge >= 0.3 is 0 Å². The van der Waals surface area contributed by atoms with Crippen LogP contribution in [0.3, 0.4) is 0 Å². The molecule has 0 atom stereocenters. The number of benzene rings is 1. The minimum atomic E-state index is -3.96. The van der Waals surface area contributed by atoms with Crippen LogP contribution in [0.1, 0.15) is 0 Å². The van der Waals surface area contributed by atoms with Gasteiger partial charge < -0.3 is 5.11 Å². The first kappa shape index (κ1) is 10.6. The zero-order valence-corrected chi connectivity index (χ0v) is 8.49. The smallest absolute Gasteiger partial charge is 0.241 e. The molecule has 1 rings (SSSR count). The van der Waals surface area contributed by atoms with Crippen molar-refractivity contribution < 1.29 is 13.5 Å². The topological polar surface area (TPSA) is 80.4 Å². The monoisotopic (exact) mass is 241 g/mol. The molecule has 4 nitrogen and oxygen atoms in total. The zero-order chi connectivity index (χ0) is 10.2. The van der Waals surface area contributed by atoms with Crippen molar-refractivity contribution >= 4 is 33.2 Å². The Morgan fingerprint density at radius 3 is 1.92 bits per heavy atom. The van der Waals surface area contributed by atoms with Crippen molar-refractivity contribution in [2.45, 2.75) is 4.90 Å². The predicted octanol–water partition coefficient (Wildman–Crippen LogP) is 1.35. The van der Waals surface area contributed by atoms with Crippen LogP contribution >= 0.6 is 23.2 Å². The number of phenolic OH excluding ortho intramolecular Hbond substituents is 1. The molecule has 0 aromatic heterocycles. The van der Waals surface area contributed by atoms with Crippen molar-refractivity contribution in [3.05, 3.63) is 22.2 Å². The molecule has 0 radical (unpaired) electrons. The zero-order valence-electron chi connectivity index (χ0n) is 6.16. The molecule has 0 saturated carbocycles. The summed E-state index contributed by atoms with van der Waals surface area (Å²) >= 11 is 11.0. The average Bonchev–Trinajstić information content (AvgIpc) is 1.78. The summed E-state index contributed by atoms with van der Waals surface area (Å²) in [5.41, 5.74) is 0. The quantitative estimate of drug-likeness (QED) is 0.779. The molecule has 7 heteroatoms. The highest BCUT2D eigenvalue weighted by Crippen LogP contribution is 2.32. The van der Waals surface area contributed by atoms with Crippen LogP contribution in [0.25, 0.3) is 0 Å². The summed E-state index contributed by atoms with van der Waals surface area (Å²) in [4.78, 5) is -0.381. The van der Waals surface area contributed by atoms with Gasteiger partial charge in [0.25, 0.3) is 0 Å². The second kappa shape index (κ2) is 3.34. The van der Waals surface area contributed by atoms with Crippen LogP contribution in [-0.2, 0) is 10.0 Å². The summed E-state index contributed by atoms with van der Waals surface area (Å²) in [6.07, 6.45) is 0. The van der Waals surface area contributed by atoms with Gasteiger partial charge in [-0.1, -0.05) is 23.2 Å². The summed E-state index contributed by atoms with van der Waals surface area (Å²) in [5.74, 6) is -0.220. The summed E-state index contributed by atoms with van der Waals surface area (Å²) in [6, 6.07) is 2.10. The molecule has 72 valence electrons. The van der Waals surface area contributed by atoms with Crippen LogP contribution in [0.5, 0.6) is 5.75 Å². The maximum Gasteiger partial charge on any atom is 0.241 e. The number of phenols is 1. The number of halogens is 2. The number of hydrogen-bond donors (Lipinski definition) is 2. The van der Waals surface area contributed by atoms with Crippen LogP contribution in [-0.4, -0.2) is 13.5 Å². The Kier molecular flexibility index (Phi) is 2.72. The largest absolute Gasteiger partial charge is 0.508 e. The van der Waals surface area contributed by atoms with Crippen molar-refractivity contribution in [2.75, 3.05) is 0 Å². The van der Waals surface area contributed by atoms with Crippen molar-refractivity contribution in [3.8, 4) is 5.75 Å². The van der Waals surface area contributed by atoms with E-state index in [9.17, 15) is 8.42 Å². The molecule has 0 saturated heterocycles. The van der Waals surface area contributed by atoms with E-state index in [1.165, 1.54) is 0 Å². The van der Waals surface area contributed by atoms with Gasteiger partial charge in [-0.25, -0.2) is 13.6 Å². The lowest BCUT2D eigenvalue weighted by Gasteiger charge is -2.04. The first-order chi connectivity index (χ1) is 5.82. The van der Waals surface area contributed by atoms with E-state index in [-0.39, 0.29) is 20.7 Å². The van der Waals surface area contributed by atoms with Crippen molar-refractivity contribution in [3.63, 3.8) is 0 Å². The lowest BCUT2D eigenvalue weighted by Crippen LogP contribution is -2.13. The van der Waals surface area contributed by atoms with E-state index in [4.69, 9.17) is 33.4 Å². The second-order valence-corrected chi connectivity index (χ2v) is 4.60. The molecule has 0 unspecified atom stereocenters. The van der Waals surface area contributed by atoms with E-state index in [2.05, 4.69) is 0 Å². The molecule has 0 heterocycles. The van der Waals surface area contributed by atoms with E-state index in [1.807, 2.05) is 0 Å². The van der Waals surface area contributed by atoms with Crippen LogP contribution < -0.4 is 5.14 Å². The van der Waals surface area contributed by atoms with Gasteiger partial charge in [0.15, 0.2) is 0 Å². The highest BCUT2D eigenvalue weighted by atomic mass is 35.5. The van der Waals surface area contributed by atoms with Gasteiger partial charge in [0.05, 0.1) is 10.0 Å². The molecular formula is C6H5Cl2NO3S. The molecule has 3 N–H and O–H groups in total. The molecule has 13 heavy (non-hydrogen) atoms. The fourth-order valence-electron chi connectivity index (χ4n) is 0.818. The molecule has 0 bridgehead atoms. The van der Waals surface area contributed by atoms with Crippen LogP contribution in [0.4, 0.5) is 0 Å². The molecule has 0 aliphatic rings. The third-order valence-corrected chi connectivity index (χ3v) is 3.10. The molecule has 1 aromatic rings. The Morgan fingerprint density at radius 2 is 1.62 bits per heavy atom. The average molecular weight is 242 g/mol. The number of sulfonamides is 1. The van der Waals surface area contributed by atoms with Crippen LogP contribution in [0, 0.1) is 0 Å². The van der Waals surface area contributed by atoms with E-state index in [0.29, 0.717) is 0 Å². The van der Waals surface area contributed by atoms with E-state index in [1.54, 1.807) is 0 Å². The molecule has 0 amide bonds. The minimum absolute atomic E-state index is 0.201. The van der Waals surface area contributed by atoms with Gasteiger partial charge in [-0.05, 0) is 12.1 Å². The summed E-state index contributed by atoms with van der Waals surface area (Å²) < 4.78 is 21.8. The van der Waals surface area contributed by atoms with E-state index >= 15 is 0 Å². The maximum absolute atomic E-state index is 10.9. The fourth-order valence-corrected chi connectivity index (χ4v) is 2.60. The lowest BCUT2D eigenvalue weighted by molar-refractivity contribution is 0.475. The number of aromatic hydroxyl groups is 1. The molecule has 0 aliphatic heterocycles. The Balaban J connectivity index is 3.57. The highest BCUT2D eigenvalue weighted by molar-refractivity contribution is 7.89. The predicted molar refractivity (Wildman–Crippen MR) is 49.5 cm³/mol. The number of primary sulfonamides is 1. The van der Waals surface area contributed by atoms with Gasteiger partial charge in [0, 0.05) is 0 Å². The first-order valence-electron chi connectivity index (χ1n) is 3.03. The summed E-state index contributed by atoms with van der Waals surface area (Å²) in [7, 11) is -3.96. The summed E-state index contributed by atoms with van der Waals surface area (Å²) in [5, 5.41) is 13.4. The van der Waals surface area contributed by atoms with Crippen LogP contribution in [0.15, 0.2) is 17.0 Å². The maximum atomic E-state index is 10.9. The summed E-state index contributed by atoms with van der Waals surface area (Å²) in [6.45, 7) is 0. The van der Waals surface area contributed by atoms with Crippen molar-refractivity contribution in [1.82, 2.24) is 0 Å². The first-order valence-corrected chi connectivity index (χ1v) is 5.33. The molecule has 0 fully saturated rings. The van der Waals surface area contributed by atoms with Gasteiger partial charge in [0.2, 0.25) is 10.0 Å². The Labute approximate surface area is 84.9 Å². The van der Waals surface area contributed by atoms with Crippen molar-refractivity contribution in [1.29, 1.82) is 0 Å². The van der Waals surface area contributed by atoms with Crippen molar-refractivity contribution in [2.24, 2.45) is 5.14 Å². The Morgan fingerprint density at radius 1 is 1.23 bits per heavy atom. The van der Waals surface area contributed by atoms with Crippen LogP contribution in [0.2, 0.25) is 10.0 Å². The van der Waals surface area contributed by atoms with Gasteiger partial charge in [-0.3, -0.25) is 0 Å². The number of rotatable bonds is 1. The van der Waals surface area contributed by atoms with Gasteiger partial charge in [-0.2, -0.15) is 0 Å². The fraction of sp³-hybridized carbons (Fsp3) is 0. The molecular weight excluding hydrogens is 237 g/mol. The molecule has 1 aromatic carbocycles. The number of hydrogen-bond acceptors (Lipinski definition) is 3. The molecule has 0 spiro atoms.